The first-order valence-corrected chi connectivity index (χ1v) is 5.95. The lowest BCUT2D eigenvalue weighted by atomic mass is 10.1. The summed E-state index contributed by atoms with van der Waals surface area (Å²) in [6, 6.07) is 9.73. The minimum absolute atomic E-state index is 0.0319. The van der Waals surface area contributed by atoms with Crippen LogP contribution in [0.1, 0.15) is 16.8 Å². The van der Waals surface area contributed by atoms with E-state index in [2.05, 4.69) is 10.4 Å². The fraction of sp³-hybridized carbons (Fsp3) is 0.286. The molecule has 1 amide bonds. The second kappa shape index (κ2) is 5.49. The molecule has 0 atom stereocenters. The molecular formula is C14H17N3O. The van der Waals surface area contributed by atoms with Crippen LogP contribution in [0.25, 0.3) is 0 Å². The molecule has 2 rings (SSSR count). The van der Waals surface area contributed by atoms with E-state index in [4.69, 9.17) is 0 Å². The summed E-state index contributed by atoms with van der Waals surface area (Å²) in [6.45, 7) is 2.48. The zero-order valence-electron chi connectivity index (χ0n) is 10.7. The second-order valence-electron chi connectivity index (χ2n) is 4.35. The molecule has 1 heterocycles. The second-order valence-corrected chi connectivity index (χ2v) is 4.35. The molecule has 0 aliphatic heterocycles. The van der Waals surface area contributed by atoms with Crippen molar-refractivity contribution in [3.05, 3.63) is 53.3 Å². The van der Waals surface area contributed by atoms with Gasteiger partial charge >= 0.3 is 0 Å². The summed E-state index contributed by atoms with van der Waals surface area (Å²) >= 11 is 0. The first kappa shape index (κ1) is 12.4. The number of aromatic nitrogens is 2. The Morgan fingerprint density at radius 3 is 2.67 bits per heavy atom. The molecule has 0 aliphatic carbocycles. The SMILES string of the molecule is Cc1nn(C)cc1CNC(=O)Cc1ccccc1. The van der Waals surface area contributed by atoms with E-state index >= 15 is 0 Å². The van der Waals surface area contributed by atoms with Crippen molar-refractivity contribution in [2.24, 2.45) is 7.05 Å². The predicted octanol–water partition coefficient (Wildman–Crippen LogP) is 1.59. The molecule has 94 valence electrons. The minimum Gasteiger partial charge on any atom is -0.352 e. The Bertz CT molecular complexity index is 531. The largest absolute Gasteiger partial charge is 0.352 e. The number of carbonyl (C=O) groups is 1. The number of rotatable bonds is 4. The molecule has 1 N–H and O–H groups in total. The molecular weight excluding hydrogens is 226 g/mol. The number of benzene rings is 1. The maximum atomic E-state index is 11.8. The Hall–Kier alpha value is -2.10. The summed E-state index contributed by atoms with van der Waals surface area (Å²) in [4.78, 5) is 11.8. The van der Waals surface area contributed by atoms with Gasteiger partial charge in [-0.05, 0) is 12.5 Å². The van der Waals surface area contributed by atoms with Gasteiger partial charge in [0.1, 0.15) is 0 Å². The molecule has 2 aromatic rings. The first-order chi connectivity index (χ1) is 8.65. The topological polar surface area (TPSA) is 46.9 Å². The van der Waals surface area contributed by atoms with Crippen LogP contribution in [0.5, 0.6) is 0 Å². The van der Waals surface area contributed by atoms with Crippen LogP contribution < -0.4 is 5.32 Å². The van der Waals surface area contributed by atoms with Gasteiger partial charge in [-0.15, -0.1) is 0 Å². The van der Waals surface area contributed by atoms with Gasteiger partial charge in [0.2, 0.25) is 5.91 Å². The maximum Gasteiger partial charge on any atom is 0.224 e. The molecule has 0 saturated carbocycles. The van der Waals surface area contributed by atoms with Crippen molar-refractivity contribution in [1.82, 2.24) is 15.1 Å². The molecule has 0 aliphatic rings. The van der Waals surface area contributed by atoms with Crippen LogP contribution in [0.3, 0.4) is 0 Å². The van der Waals surface area contributed by atoms with Gasteiger partial charge in [-0.25, -0.2) is 0 Å². The Kier molecular flexibility index (Phi) is 3.77. The Balaban J connectivity index is 1.87. The van der Waals surface area contributed by atoms with E-state index in [-0.39, 0.29) is 5.91 Å². The van der Waals surface area contributed by atoms with Crippen molar-refractivity contribution in [2.75, 3.05) is 0 Å². The lowest BCUT2D eigenvalue weighted by Crippen LogP contribution is -2.24. The average Bonchev–Trinajstić information content (AvgIpc) is 2.66. The fourth-order valence-corrected chi connectivity index (χ4v) is 1.86. The number of nitrogens with one attached hydrogen (secondary N) is 1. The van der Waals surface area contributed by atoms with E-state index in [1.165, 1.54) is 0 Å². The third-order valence-electron chi connectivity index (χ3n) is 2.80. The van der Waals surface area contributed by atoms with Crippen LogP contribution in [0, 0.1) is 6.92 Å². The van der Waals surface area contributed by atoms with E-state index in [9.17, 15) is 4.79 Å². The normalized spacial score (nSPS) is 10.3. The van der Waals surface area contributed by atoms with E-state index in [1.807, 2.05) is 50.5 Å². The lowest BCUT2D eigenvalue weighted by Gasteiger charge is -2.04. The highest BCUT2D eigenvalue weighted by molar-refractivity contribution is 5.78. The third kappa shape index (κ3) is 3.20. The summed E-state index contributed by atoms with van der Waals surface area (Å²) in [6.07, 6.45) is 2.35. The monoisotopic (exact) mass is 243 g/mol. The molecule has 0 fully saturated rings. The van der Waals surface area contributed by atoms with Crippen LogP contribution in [-0.4, -0.2) is 15.7 Å². The first-order valence-electron chi connectivity index (χ1n) is 5.95. The van der Waals surface area contributed by atoms with Crippen LogP contribution in [0.2, 0.25) is 0 Å². The van der Waals surface area contributed by atoms with Gasteiger partial charge in [-0.1, -0.05) is 30.3 Å². The molecule has 1 aromatic carbocycles. The van der Waals surface area contributed by atoms with Gasteiger partial charge in [0.05, 0.1) is 12.1 Å². The number of carbonyl (C=O) groups excluding carboxylic acids is 1. The zero-order chi connectivity index (χ0) is 13.0. The Morgan fingerprint density at radius 1 is 1.33 bits per heavy atom. The van der Waals surface area contributed by atoms with Crippen molar-refractivity contribution >= 4 is 5.91 Å². The smallest absolute Gasteiger partial charge is 0.224 e. The Labute approximate surface area is 107 Å². The molecule has 4 heteroatoms. The lowest BCUT2D eigenvalue weighted by molar-refractivity contribution is -0.120. The van der Waals surface area contributed by atoms with E-state index in [1.54, 1.807) is 4.68 Å². The maximum absolute atomic E-state index is 11.8. The minimum atomic E-state index is 0.0319. The molecule has 4 nitrogen and oxygen atoms in total. The van der Waals surface area contributed by atoms with Gasteiger partial charge in [-0.3, -0.25) is 9.48 Å². The number of amides is 1. The summed E-state index contributed by atoms with van der Waals surface area (Å²) in [5.74, 6) is 0.0319. The van der Waals surface area contributed by atoms with E-state index in [0.717, 1.165) is 16.8 Å². The van der Waals surface area contributed by atoms with Crippen LogP contribution in [0.15, 0.2) is 36.5 Å². The molecule has 0 bridgehead atoms. The van der Waals surface area contributed by atoms with Crippen molar-refractivity contribution in [2.45, 2.75) is 19.9 Å². The van der Waals surface area contributed by atoms with Gasteiger partial charge in [0.15, 0.2) is 0 Å². The molecule has 1 aromatic heterocycles. The van der Waals surface area contributed by atoms with Crippen molar-refractivity contribution in [3.63, 3.8) is 0 Å². The van der Waals surface area contributed by atoms with Gasteiger partial charge in [-0.2, -0.15) is 5.10 Å². The highest BCUT2D eigenvalue weighted by Gasteiger charge is 2.06. The fourth-order valence-electron chi connectivity index (χ4n) is 1.86. The standard InChI is InChI=1S/C14H17N3O/c1-11-13(10-17(2)16-11)9-15-14(18)8-12-6-4-3-5-7-12/h3-7,10H,8-9H2,1-2H3,(H,15,18). The molecule has 0 spiro atoms. The van der Waals surface area contributed by atoms with Crippen LogP contribution in [0.4, 0.5) is 0 Å². The highest BCUT2D eigenvalue weighted by Crippen LogP contribution is 2.04. The summed E-state index contributed by atoms with van der Waals surface area (Å²) in [7, 11) is 1.88. The number of aryl methyl sites for hydroxylation is 2. The number of hydrogen-bond donors (Lipinski definition) is 1. The predicted molar refractivity (Wildman–Crippen MR) is 69.9 cm³/mol. The summed E-state index contributed by atoms with van der Waals surface area (Å²) < 4.78 is 1.76. The van der Waals surface area contributed by atoms with Crippen molar-refractivity contribution in [3.8, 4) is 0 Å². The van der Waals surface area contributed by atoms with E-state index < -0.39 is 0 Å². The van der Waals surface area contributed by atoms with Gasteiger partial charge < -0.3 is 5.32 Å². The highest BCUT2D eigenvalue weighted by atomic mass is 16.1. The average molecular weight is 243 g/mol. The quantitative estimate of drug-likeness (QED) is 0.886. The zero-order valence-corrected chi connectivity index (χ0v) is 10.7. The third-order valence-corrected chi connectivity index (χ3v) is 2.80. The molecule has 18 heavy (non-hydrogen) atoms. The van der Waals surface area contributed by atoms with Gasteiger partial charge in [0.25, 0.3) is 0 Å². The van der Waals surface area contributed by atoms with Crippen molar-refractivity contribution in [1.29, 1.82) is 0 Å². The Morgan fingerprint density at radius 2 is 2.06 bits per heavy atom. The summed E-state index contributed by atoms with van der Waals surface area (Å²) in [5.41, 5.74) is 3.04. The molecule has 0 saturated heterocycles. The molecule has 0 radical (unpaired) electrons. The number of nitrogens with zero attached hydrogens (tertiary/aromatic N) is 2. The van der Waals surface area contributed by atoms with E-state index in [0.29, 0.717) is 13.0 Å². The van der Waals surface area contributed by atoms with Crippen LogP contribution >= 0.6 is 0 Å². The summed E-state index contributed by atoms with van der Waals surface area (Å²) in [5, 5.41) is 7.15. The molecule has 0 unspecified atom stereocenters. The van der Waals surface area contributed by atoms with Gasteiger partial charge in [0, 0.05) is 25.4 Å². The number of hydrogen-bond acceptors (Lipinski definition) is 2. The van der Waals surface area contributed by atoms with Crippen LogP contribution in [-0.2, 0) is 24.8 Å². The van der Waals surface area contributed by atoms with Crippen molar-refractivity contribution < 1.29 is 4.79 Å².